The van der Waals surface area contributed by atoms with Gasteiger partial charge in [-0.1, -0.05) is 26.0 Å². The Morgan fingerprint density at radius 2 is 1.82 bits per heavy atom. The van der Waals surface area contributed by atoms with Crippen LogP contribution < -0.4 is 14.9 Å². The lowest BCUT2D eigenvalue weighted by molar-refractivity contribution is 0.0708. The Balaban J connectivity index is 1.86. The third kappa shape index (κ3) is 4.20. The zero-order valence-electron chi connectivity index (χ0n) is 19.6. The smallest absolute Gasteiger partial charge is 0.290 e. The van der Waals surface area contributed by atoms with Gasteiger partial charge in [0.2, 0.25) is 5.76 Å². The number of rotatable bonds is 9. The molecule has 0 saturated carbocycles. The number of ether oxygens (including phenoxy) is 2. The first-order valence-electron chi connectivity index (χ1n) is 11.4. The molecule has 0 N–H and O–H groups in total. The minimum atomic E-state index is -0.537. The predicted molar refractivity (Wildman–Crippen MR) is 127 cm³/mol. The first-order chi connectivity index (χ1) is 16.0. The van der Waals surface area contributed by atoms with Crippen molar-refractivity contribution in [1.82, 2.24) is 9.80 Å². The number of carbonyl (C=O) groups is 1. The Bertz CT molecular complexity index is 1220. The highest BCUT2D eigenvalue weighted by Gasteiger charge is 2.42. The Labute approximate surface area is 193 Å². The zero-order chi connectivity index (χ0) is 23.5. The van der Waals surface area contributed by atoms with E-state index in [0.717, 1.165) is 18.7 Å². The topological polar surface area (TPSA) is 72.2 Å². The van der Waals surface area contributed by atoms with Crippen LogP contribution in [0.3, 0.4) is 0 Å². The van der Waals surface area contributed by atoms with Crippen molar-refractivity contribution in [2.75, 3.05) is 39.9 Å². The lowest BCUT2D eigenvalue weighted by atomic mass is 9.98. The van der Waals surface area contributed by atoms with Crippen LogP contribution in [0.25, 0.3) is 11.0 Å². The van der Waals surface area contributed by atoms with Crippen molar-refractivity contribution in [3.05, 3.63) is 69.6 Å². The zero-order valence-corrected chi connectivity index (χ0v) is 19.6. The molecular formula is C26H30N2O5. The van der Waals surface area contributed by atoms with Crippen LogP contribution >= 0.6 is 0 Å². The molecule has 0 saturated heterocycles. The van der Waals surface area contributed by atoms with Crippen molar-refractivity contribution >= 4 is 16.9 Å². The lowest BCUT2D eigenvalue weighted by Gasteiger charge is -2.28. The van der Waals surface area contributed by atoms with Gasteiger partial charge in [-0.25, -0.2) is 0 Å². The van der Waals surface area contributed by atoms with E-state index in [1.807, 2.05) is 31.2 Å². The summed E-state index contributed by atoms with van der Waals surface area (Å²) in [5.74, 6) is 1.10. The first-order valence-corrected chi connectivity index (χ1v) is 11.4. The number of hydrogen-bond acceptors (Lipinski definition) is 6. The average Bonchev–Trinajstić information content (AvgIpc) is 3.12. The van der Waals surface area contributed by atoms with Gasteiger partial charge in [0.15, 0.2) is 5.43 Å². The standard InChI is InChI=1S/C26H30N2O5/c1-5-27(6-2)13-14-28-23(17-9-8-10-18(15-17)31-4)22-24(29)20-12-11-19(32-7-3)16-21(20)33-25(22)26(28)30/h8-12,15-16,23H,5-7,13-14H2,1-4H3. The number of likely N-dealkylation sites (N-methyl/N-ethyl adjacent to an activating group) is 1. The highest BCUT2D eigenvalue weighted by molar-refractivity contribution is 5.99. The van der Waals surface area contributed by atoms with Gasteiger partial charge < -0.3 is 23.7 Å². The van der Waals surface area contributed by atoms with E-state index in [1.165, 1.54) is 0 Å². The average molecular weight is 451 g/mol. The van der Waals surface area contributed by atoms with Crippen LogP contribution in [0.5, 0.6) is 11.5 Å². The summed E-state index contributed by atoms with van der Waals surface area (Å²) in [5, 5.41) is 0.434. The van der Waals surface area contributed by atoms with Gasteiger partial charge in [0.25, 0.3) is 5.91 Å². The van der Waals surface area contributed by atoms with Crippen LogP contribution in [0.15, 0.2) is 51.7 Å². The summed E-state index contributed by atoms with van der Waals surface area (Å²) in [6.45, 7) is 9.53. The maximum atomic E-state index is 13.6. The fraction of sp³-hybridized carbons (Fsp3) is 0.385. The number of nitrogens with zero attached hydrogens (tertiary/aromatic N) is 2. The SMILES string of the molecule is CCOc1ccc2c(=O)c3c(oc2c1)C(=O)N(CCN(CC)CC)C3c1cccc(OC)c1. The Morgan fingerprint density at radius 3 is 2.52 bits per heavy atom. The van der Waals surface area contributed by atoms with Crippen molar-refractivity contribution in [1.29, 1.82) is 0 Å². The Kier molecular flexibility index (Phi) is 6.70. The Hall–Kier alpha value is -3.32. The van der Waals surface area contributed by atoms with E-state index in [2.05, 4.69) is 18.7 Å². The third-order valence-electron chi connectivity index (χ3n) is 6.21. The second-order valence-corrected chi connectivity index (χ2v) is 7.97. The van der Waals surface area contributed by atoms with Crippen LogP contribution in [-0.2, 0) is 0 Å². The van der Waals surface area contributed by atoms with Gasteiger partial charge in [-0.3, -0.25) is 9.59 Å². The molecule has 1 unspecified atom stereocenters. The second kappa shape index (κ2) is 9.67. The molecule has 33 heavy (non-hydrogen) atoms. The molecule has 7 heteroatoms. The monoisotopic (exact) mass is 450 g/mol. The maximum absolute atomic E-state index is 13.6. The molecule has 174 valence electrons. The molecule has 0 spiro atoms. The highest BCUT2D eigenvalue weighted by Crippen LogP contribution is 2.39. The molecule has 2 heterocycles. The van der Waals surface area contributed by atoms with Crippen molar-refractivity contribution in [2.45, 2.75) is 26.8 Å². The van der Waals surface area contributed by atoms with Gasteiger partial charge in [-0.15, -0.1) is 0 Å². The van der Waals surface area contributed by atoms with E-state index in [-0.39, 0.29) is 17.1 Å². The first kappa shape index (κ1) is 22.9. The molecule has 3 aromatic rings. The molecule has 7 nitrogen and oxygen atoms in total. The molecular weight excluding hydrogens is 420 g/mol. The van der Waals surface area contributed by atoms with E-state index in [0.29, 0.717) is 47.7 Å². The number of amides is 1. The molecule has 0 bridgehead atoms. The third-order valence-corrected chi connectivity index (χ3v) is 6.21. The highest BCUT2D eigenvalue weighted by atomic mass is 16.5. The predicted octanol–water partition coefficient (Wildman–Crippen LogP) is 4.09. The normalized spacial score (nSPS) is 15.4. The minimum absolute atomic E-state index is 0.105. The summed E-state index contributed by atoms with van der Waals surface area (Å²) in [4.78, 5) is 31.2. The second-order valence-electron chi connectivity index (χ2n) is 7.97. The lowest BCUT2D eigenvalue weighted by Crippen LogP contribution is -2.37. The van der Waals surface area contributed by atoms with Gasteiger partial charge >= 0.3 is 0 Å². The van der Waals surface area contributed by atoms with Gasteiger partial charge in [-0.2, -0.15) is 0 Å². The Morgan fingerprint density at radius 1 is 1.03 bits per heavy atom. The summed E-state index contributed by atoms with van der Waals surface area (Å²) in [7, 11) is 1.60. The van der Waals surface area contributed by atoms with Crippen LogP contribution in [0.1, 0.15) is 48.5 Å². The summed E-state index contributed by atoms with van der Waals surface area (Å²) < 4.78 is 17.0. The fourth-order valence-corrected chi connectivity index (χ4v) is 4.43. The molecule has 1 aromatic heterocycles. The molecule has 2 aromatic carbocycles. The van der Waals surface area contributed by atoms with Gasteiger partial charge in [0.05, 0.1) is 30.7 Å². The molecule has 4 rings (SSSR count). The summed E-state index contributed by atoms with van der Waals surface area (Å²) >= 11 is 0. The van der Waals surface area contributed by atoms with Crippen molar-refractivity contribution in [2.24, 2.45) is 0 Å². The largest absolute Gasteiger partial charge is 0.497 e. The van der Waals surface area contributed by atoms with Crippen LogP contribution in [-0.4, -0.2) is 55.6 Å². The molecule has 1 atom stereocenters. The van der Waals surface area contributed by atoms with Gasteiger partial charge in [0, 0.05) is 19.2 Å². The number of carbonyl (C=O) groups excluding carboxylic acids is 1. The molecule has 1 amide bonds. The van der Waals surface area contributed by atoms with E-state index in [9.17, 15) is 9.59 Å². The number of fused-ring (bicyclic) bond motifs is 2. The fourth-order valence-electron chi connectivity index (χ4n) is 4.43. The van der Waals surface area contributed by atoms with E-state index in [4.69, 9.17) is 13.9 Å². The molecule has 1 aliphatic heterocycles. The van der Waals surface area contributed by atoms with Crippen LogP contribution in [0.4, 0.5) is 0 Å². The van der Waals surface area contributed by atoms with Crippen molar-refractivity contribution in [3.8, 4) is 11.5 Å². The summed E-state index contributed by atoms with van der Waals surface area (Å²) in [5.41, 5.74) is 1.36. The van der Waals surface area contributed by atoms with E-state index in [1.54, 1.807) is 30.2 Å². The number of hydrogen-bond donors (Lipinski definition) is 0. The maximum Gasteiger partial charge on any atom is 0.290 e. The van der Waals surface area contributed by atoms with Crippen molar-refractivity contribution < 1.29 is 18.7 Å². The molecule has 0 radical (unpaired) electrons. The van der Waals surface area contributed by atoms with E-state index >= 15 is 0 Å². The molecule has 1 aliphatic rings. The number of benzene rings is 2. The van der Waals surface area contributed by atoms with Gasteiger partial charge in [0.1, 0.15) is 17.1 Å². The number of methoxy groups -OCH3 is 1. The van der Waals surface area contributed by atoms with E-state index < -0.39 is 6.04 Å². The van der Waals surface area contributed by atoms with Crippen LogP contribution in [0, 0.1) is 0 Å². The summed E-state index contributed by atoms with van der Waals surface area (Å²) in [6, 6.07) is 12.1. The van der Waals surface area contributed by atoms with Crippen molar-refractivity contribution in [3.63, 3.8) is 0 Å². The minimum Gasteiger partial charge on any atom is -0.497 e. The summed E-state index contributed by atoms with van der Waals surface area (Å²) in [6.07, 6.45) is 0. The van der Waals surface area contributed by atoms with Gasteiger partial charge in [-0.05, 0) is 49.8 Å². The molecule has 0 fully saturated rings. The quantitative estimate of drug-likeness (QED) is 0.489. The van der Waals surface area contributed by atoms with Crippen LogP contribution in [0.2, 0.25) is 0 Å². The molecule has 0 aliphatic carbocycles.